The van der Waals surface area contributed by atoms with Crippen LogP contribution in [0, 0.1) is 0 Å². The van der Waals surface area contributed by atoms with Crippen LogP contribution in [0.3, 0.4) is 0 Å². The van der Waals surface area contributed by atoms with Crippen molar-refractivity contribution in [3.8, 4) is 0 Å². The number of aliphatic hydroxyl groups excluding tert-OH is 2. The molecule has 1 aromatic heterocycles. The summed E-state index contributed by atoms with van der Waals surface area (Å²) in [5, 5.41) is 43.2. The fourth-order valence-corrected chi connectivity index (χ4v) is 5.48. The second-order valence-electron chi connectivity index (χ2n) is 9.18. The fourth-order valence-electron chi connectivity index (χ4n) is 4.12. The van der Waals surface area contributed by atoms with Crippen molar-refractivity contribution in [1.82, 2.24) is 15.0 Å². The molecule has 0 saturated carbocycles. The summed E-state index contributed by atoms with van der Waals surface area (Å²) in [4.78, 5) is 35.6. The zero-order valence-corrected chi connectivity index (χ0v) is 24.3. The van der Waals surface area contributed by atoms with Crippen molar-refractivity contribution in [3.63, 3.8) is 0 Å². The standard InChI is InChI=1S/C25H24N6O12S2/c32-5-3-31(4-6-33)25-29-23(28-24(30-25)27-17-9-14(21(34)35)7-15(10-17)22(36)37)26-16-1-2-19-13(8-16)11-18(44(38,39)40)12-20(19)45(41,42)43/h1-2,7-12,32-33H,3-6H2,(H,34,35)(H,36,37)(H,38,39,40)(H,41,42,43)(H2,26,27,28,29,30). The van der Waals surface area contributed by atoms with E-state index in [2.05, 4.69) is 25.6 Å². The van der Waals surface area contributed by atoms with E-state index in [-0.39, 0.29) is 77.4 Å². The van der Waals surface area contributed by atoms with Crippen molar-refractivity contribution in [2.75, 3.05) is 41.8 Å². The molecule has 0 bridgehead atoms. The average Bonchev–Trinajstić information content (AvgIpc) is 2.95. The Morgan fingerprint density at radius 1 is 0.711 bits per heavy atom. The van der Waals surface area contributed by atoms with E-state index in [9.17, 15) is 56.0 Å². The lowest BCUT2D eigenvalue weighted by Crippen LogP contribution is -2.31. The smallest absolute Gasteiger partial charge is 0.335 e. The van der Waals surface area contributed by atoms with Crippen molar-refractivity contribution in [2.45, 2.75) is 9.79 Å². The molecular formula is C25H24N6O12S2. The second kappa shape index (κ2) is 12.9. The van der Waals surface area contributed by atoms with E-state index < -0.39 is 42.0 Å². The highest BCUT2D eigenvalue weighted by Crippen LogP contribution is 2.30. The van der Waals surface area contributed by atoms with Gasteiger partial charge < -0.3 is 36.0 Å². The summed E-state index contributed by atoms with van der Waals surface area (Å²) in [5.41, 5.74) is -0.572. The molecule has 0 radical (unpaired) electrons. The van der Waals surface area contributed by atoms with Crippen LogP contribution in [-0.4, -0.2) is 99.6 Å². The zero-order valence-electron chi connectivity index (χ0n) is 22.7. The lowest BCUT2D eigenvalue weighted by molar-refractivity contribution is 0.0696. The van der Waals surface area contributed by atoms with Crippen LogP contribution in [0.15, 0.2) is 58.3 Å². The first-order valence-electron chi connectivity index (χ1n) is 12.5. The SMILES string of the molecule is O=C(O)c1cc(Nc2nc(Nc3ccc4c(S(=O)(=O)O)cc(S(=O)(=O)O)cc4c3)nc(N(CCO)CCO)n2)cc(C(=O)O)c1. The molecule has 0 fully saturated rings. The molecular weight excluding hydrogens is 640 g/mol. The third-order valence-electron chi connectivity index (χ3n) is 6.05. The Labute approximate surface area is 254 Å². The molecule has 1 heterocycles. The van der Waals surface area contributed by atoms with Gasteiger partial charge in [-0.25, -0.2) is 9.59 Å². The number of benzene rings is 3. The van der Waals surface area contributed by atoms with E-state index in [4.69, 9.17) is 0 Å². The highest BCUT2D eigenvalue weighted by Gasteiger charge is 2.21. The largest absolute Gasteiger partial charge is 0.478 e. The van der Waals surface area contributed by atoms with Gasteiger partial charge in [-0.05, 0) is 47.9 Å². The molecule has 0 amide bonds. The number of hydrogen-bond donors (Lipinski definition) is 8. The van der Waals surface area contributed by atoms with E-state index in [0.29, 0.717) is 6.07 Å². The van der Waals surface area contributed by atoms with Crippen LogP contribution in [0.4, 0.5) is 29.2 Å². The highest BCUT2D eigenvalue weighted by atomic mass is 32.2. The number of carbonyl (C=O) groups is 2. The fraction of sp³-hybridized carbons (Fsp3) is 0.160. The molecule has 0 saturated heterocycles. The number of anilines is 5. The minimum Gasteiger partial charge on any atom is -0.478 e. The molecule has 0 aliphatic heterocycles. The third kappa shape index (κ3) is 7.94. The van der Waals surface area contributed by atoms with Gasteiger partial charge >= 0.3 is 11.9 Å². The monoisotopic (exact) mass is 664 g/mol. The van der Waals surface area contributed by atoms with Gasteiger partial charge in [0, 0.05) is 29.9 Å². The Balaban J connectivity index is 1.83. The van der Waals surface area contributed by atoms with Gasteiger partial charge in [-0.15, -0.1) is 0 Å². The van der Waals surface area contributed by atoms with Crippen molar-refractivity contribution in [3.05, 3.63) is 59.7 Å². The lowest BCUT2D eigenvalue weighted by Gasteiger charge is -2.21. The molecule has 18 nitrogen and oxygen atoms in total. The summed E-state index contributed by atoms with van der Waals surface area (Å²) < 4.78 is 66.6. The van der Waals surface area contributed by atoms with Crippen LogP contribution in [0.25, 0.3) is 10.8 Å². The molecule has 3 aromatic carbocycles. The van der Waals surface area contributed by atoms with Crippen molar-refractivity contribution < 1.29 is 56.0 Å². The lowest BCUT2D eigenvalue weighted by atomic mass is 10.1. The molecule has 0 aliphatic rings. The predicted octanol–water partition coefficient (Wildman–Crippen LogP) is 1.19. The number of hydrogen-bond acceptors (Lipinski definition) is 14. The van der Waals surface area contributed by atoms with E-state index in [1.165, 1.54) is 23.1 Å². The molecule has 20 heteroatoms. The molecule has 0 unspecified atom stereocenters. The summed E-state index contributed by atoms with van der Waals surface area (Å²) >= 11 is 0. The topological polar surface area (TPSA) is 290 Å². The molecule has 0 atom stereocenters. The molecule has 8 N–H and O–H groups in total. The van der Waals surface area contributed by atoms with Crippen molar-refractivity contribution in [1.29, 1.82) is 0 Å². The normalized spacial score (nSPS) is 11.7. The van der Waals surface area contributed by atoms with Crippen LogP contribution >= 0.6 is 0 Å². The maximum Gasteiger partial charge on any atom is 0.335 e. The van der Waals surface area contributed by atoms with E-state index in [1.807, 2.05) is 0 Å². The van der Waals surface area contributed by atoms with E-state index >= 15 is 0 Å². The molecule has 0 spiro atoms. The molecule has 238 valence electrons. The Bertz CT molecular complexity index is 1980. The van der Waals surface area contributed by atoms with Gasteiger partial charge in [-0.3, -0.25) is 9.11 Å². The van der Waals surface area contributed by atoms with Gasteiger partial charge in [-0.2, -0.15) is 31.8 Å². The summed E-state index contributed by atoms with van der Waals surface area (Å²) in [7, 11) is -9.80. The summed E-state index contributed by atoms with van der Waals surface area (Å²) in [6.07, 6.45) is 0. The van der Waals surface area contributed by atoms with Crippen LogP contribution in [0.5, 0.6) is 0 Å². The third-order valence-corrected chi connectivity index (χ3v) is 7.77. The van der Waals surface area contributed by atoms with Crippen LogP contribution < -0.4 is 15.5 Å². The first-order valence-corrected chi connectivity index (χ1v) is 15.4. The molecule has 4 rings (SSSR count). The number of aliphatic hydroxyl groups is 2. The van der Waals surface area contributed by atoms with Gasteiger partial charge in [0.15, 0.2) is 0 Å². The quantitative estimate of drug-likeness (QED) is 0.0931. The first kappa shape index (κ1) is 32.9. The van der Waals surface area contributed by atoms with Gasteiger partial charge in [0.05, 0.1) is 29.2 Å². The number of nitrogens with one attached hydrogen (secondary N) is 2. The number of fused-ring (bicyclic) bond motifs is 1. The summed E-state index contributed by atoms with van der Waals surface area (Å²) in [5.74, 6) is -3.32. The van der Waals surface area contributed by atoms with Gasteiger partial charge in [0.25, 0.3) is 20.2 Å². The maximum atomic E-state index is 11.9. The van der Waals surface area contributed by atoms with Crippen molar-refractivity contribution >= 4 is 72.2 Å². The van der Waals surface area contributed by atoms with Crippen LogP contribution in [0.1, 0.15) is 20.7 Å². The van der Waals surface area contributed by atoms with E-state index in [1.54, 1.807) is 0 Å². The second-order valence-corrected chi connectivity index (χ2v) is 12.0. The zero-order chi connectivity index (χ0) is 33.1. The molecule has 45 heavy (non-hydrogen) atoms. The van der Waals surface area contributed by atoms with Crippen molar-refractivity contribution in [2.24, 2.45) is 0 Å². The number of aromatic nitrogens is 3. The average molecular weight is 665 g/mol. The Hall–Kier alpha value is -4.99. The Kier molecular flexibility index (Phi) is 9.46. The minimum atomic E-state index is -4.92. The number of carboxylic acids is 2. The minimum absolute atomic E-state index is 0.0209. The van der Waals surface area contributed by atoms with E-state index in [0.717, 1.165) is 24.3 Å². The predicted molar refractivity (Wildman–Crippen MR) is 157 cm³/mol. The number of nitrogens with zero attached hydrogens (tertiary/aromatic N) is 4. The summed E-state index contributed by atoms with van der Waals surface area (Å²) in [6.45, 7) is -0.796. The number of rotatable bonds is 13. The van der Waals surface area contributed by atoms with Gasteiger partial charge in [-0.1, -0.05) is 6.07 Å². The highest BCUT2D eigenvalue weighted by molar-refractivity contribution is 7.86. The van der Waals surface area contributed by atoms with Crippen LogP contribution in [0.2, 0.25) is 0 Å². The Morgan fingerprint density at radius 2 is 1.27 bits per heavy atom. The summed E-state index contributed by atoms with van der Waals surface area (Å²) in [6, 6.07) is 8.63. The Morgan fingerprint density at radius 3 is 1.76 bits per heavy atom. The molecule has 0 aliphatic carbocycles. The first-order chi connectivity index (χ1) is 21.1. The molecule has 4 aromatic rings. The van der Waals surface area contributed by atoms with Gasteiger partial charge in [0.1, 0.15) is 4.90 Å². The maximum absolute atomic E-state index is 11.9. The van der Waals surface area contributed by atoms with Crippen LogP contribution in [-0.2, 0) is 20.2 Å². The number of carboxylic acid groups (broad SMARTS) is 2. The number of aromatic carboxylic acids is 2. The van der Waals surface area contributed by atoms with Gasteiger partial charge in [0.2, 0.25) is 17.8 Å².